The Labute approximate surface area is 131 Å². The zero-order chi connectivity index (χ0) is 15.2. The molecule has 1 aromatic heterocycles. The van der Waals surface area contributed by atoms with Crippen LogP contribution < -0.4 is 5.32 Å². The molecule has 1 N–H and O–H groups in total. The molecule has 0 aliphatic carbocycles. The van der Waals surface area contributed by atoms with Crippen LogP contribution in [0.25, 0.3) is 0 Å². The maximum absolute atomic E-state index is 12.7. The molecule has 1 aliphatic heterocycles. The van der Waals surface area contributed by atoms with Gasteiger partial charge in [-0.25, -0.2) is 0 Å². The molecule has 0 saturated carbocycles. The third-order valence-corrected chi connectivity index (χ3v) is 4.62. The van der Waals surface area contributed by atoms with E-state index in [-0.39, 0.29) is 18.1 Å². The number of methoxy groups -OCH3 is 1. The third-order valence-electron chi connectivity index (χ3n) is 3.92. The summed E-state index contributed by atoms with van der Waals surface area (Å²) in [5.41, 5.74) is 1.19. The van der Waals surface area contributed by atoms with Crippen LogP contribution >= 0.6 is 11.3 Å². The summed E-state index contributed by atoms with van der Waals surface area (Å²) in [6, 6.07) is 2.07. The van der Waals surface area contributed by atoms with Gasteiger partial charge in [0.25, 0.3) is 0 Å². The SMILES string of the molecule is CCCCC1NC(c2ccsc2)N(CC(C)COC)C1=O. The van der Waals surface area contributed by atoms with Gasteiger partial charge in [-0.1, -0.05) is 26.7 Å². The molecule has 3 atom stereocenters. The van der Waals surface area contributed by atoms with Crippen molar-refractivity contribution in [2.24, 2.45) is 5.92 Å². The van der Waals surface area contributed by atoms with Crippen molar-refractivity contribution in [2.75, 3.05) is 20.3 Å². The van der Waals surface area contributed by atoms with Gasteiger partial charge in [-0.15, -0.1) is 0 Å². The molecule has 3 unspecified atom stereocenters. The number of rotatable bonds is 8. The van der Waals surface area contributed by atoms with Crippen molar-refractivity contribution in [3.05, 3.63) is 22.4 Å². The van der Waals surface area contributed by atoms with Crippen LogP contribution in [0.5, 0.6) is 0 Å². The molecule has 0 spiro atoms. The molecule has 0 radical (unpaired) electrons. The Morgan fingerprint density at radius 3 is 2.95 bits per heavy atom. The van der Waals surface area contributed by atoms with Crippen molar-refractivity contribution >= 4 is 17.2 Å². The standard InChI is InChI=1S/C16H26N2O2S/c1-4-5-6-14-16(19)18(9-12(2)10-20-3)15(17-14)13-7-8-21-11-13/h7-8,11-12,14-15,17H,4-6,9-10H2,1-3H3. The number of hydrogen-bond acceptors (Lipinski definition) is 4. The molecule has 0 aromatic carbocycles. The highest BCUT2D eigenvalue weighted by Crippen LogP contribution is 2.29. The number of nitrogens with one attached hydrogen (secondary N) is 1. The first-order valence-corrected chi connectivity index (χ1v) is 8.69. The topological polar surface area (TPSA) is 41.6 Å². The van der Waals surface area contributed by atoms with Gasteiger partial charge in [0.2, 0.25) is 5.91 Å². The van der Waals surface area contributed by atoms with Gasteiger partial charge in [-0.05, 0) is 34.7 Å². The number of unbranched alkanes of at least 4 members (excludes halogenated alkanes) is 1. The van der Waals surface area contributed by atoms with Crippen LogP contribution in [0.3, 0.4) is 0 Å². The fraction of sp³-hybridized carbons (Fsp3) is 0.688. The summed E-state index contributed by atoms with van der Waals surface area (Å²) in [4.78, 5) is 14.7. The van der Waals surface area contributed by atoms with Crippen LogP contribution in [0.4, 0.5) is 0 Å². The van der Waals surface area contributed by atoms with Crippen molar-refractivity contribution in [1.82, 2.24) is 10.2 Å². The van der Waals surface area contributed by atoms with E-state index in [0.29, 0.717) is 12.5 Å². The fourth-order valence-electron chi connectivity index (χ4n) is 2.87. The summed E-state index contributed by atoms with van der Waals surface area (Å²) in [6.45, 7) is 5.71. The van der Waals surface area contributed by atoms with Crippen molar-refractivity contribution < 1.29 is 9.53 Å². The third kappa shape index (κ3) is 4.05. The summed E-state index contributed by atoms with van der Waals surface area (Å²) in [7, 11) is 1.71. The molecule has 1 aromatic rings. The molecule has 1 saturated heterocycles. The molecule has 1 amide bonds. The lowest BCUT2D eigenvalue weighted by Crippen LogP contribution is -2.35. The number of carbonyl (C=O) groups is 1. The number of amides is 1. The molecule has 118 valence electrons. The van der Waals surface area contributed by atoms with E-state index in [1.807, 2.05) is 4.90 Å². The Hall–Kier alpha value is -0.910. The minimum Gasteiger partial charge on any atom is -0.384 e. The monoisotopic (exact) mass is 310 g/mol. The predicted octanol–water partition coefficient (Wildman–Crippen LogP) is 3.02. The Balaban J connectivity index is 2.10. The molecular weight excluding hydrogens is 284 g/mol. The molecule has 2 rings (SSSR count). The number of hydrogen-bond donors (Lipinski definition) is 1. The predicted molar refractivity (Wildman–Crippen MR) is 86.3 cm³/mol. The van der Waals surface area contributed by atoms with E-state index >= 15 is 0 Å². The van der Waals surface area contributed by atoms with Crippen LogP contribution in [-0.2, 0) is 9.53 Å². The second-order valence-electron chi connectivity index (χ2n) is 5.87. The highest BCUT2D eigenvalue weighted by Gasteiger charge is 2.39. The summed E-state index contributed by atoms with van der Waals surface area (Å²) in [5, 5.41) is 7.71. The highest BCUT2D eigenvalue weighted by atomic mass is 32.1. The van der Waals surface area contributed by atoms with Gasteiger partial charge < -0.3 is 9.64 Å². The normalized spacial score (nSPS) is 23.8. The van der Waals surface area contributed by atoms with E-state index in [4.69, 9.17) is 4.74 Å². The molecule has 21 heavy (non-hydrogen) atoms. The second-order valence-corrected chi connectivity index (χ2v) is 6.65. The van der Waals surface area contributed by atoms with Crippen LogP contribution in [0.15, 0.2) is 16.8 Å². The van der Waals surface area contributed by atoms with E-state index in [9.17, 15) is 4.79 Å². The summed E-state index contributed by atoms with van der Waals surface area (Å²) in [5.74, 6) is 0.578. The van der Waals surface area contributed by atoms with E-state index in [2.05, 4.69) is 36.0 Å². The van der Waals surface area contributed by atoms with Crippen molar-refractivity contribution in [2.45, 2.75) is 45.3 Å². The number of carbonyl (C=O) groups excluding carboxylic acids is 1. The Morgan fingerprint density at radius 1 is 1.52 bits per heavy atom. The summed E-state index contributed by atoms with van der Waals surface area (Å²) in [6.07, 6.45) is 3.14. The first-order chi connectivity index (χ1) is 10.2. The van der Waals surface area contributed by atoms with Gasteiger partial charge in [0.1, 0.15) is 6.17 Å². The minimum absolute atomic E-state index is 0.0184. The average Bonchev–Trinajstić information content (AvgIpc) is 3.07. The molecular formula is C16H26N2O2S. The lowest BCUT2D eigenvalue weighted by Gasteiger charge is -2.26. The molecule has 2 heterocycles. The van der Waals surface area contributed by atoms with E-state index in [1.165, 1.54) is 5.56 Å². The van der Waals surface area contributed by atoms with Gasteiger partial charge in [-0.2, -0.15) is 11.3 Å². The van der Waals surface area contributed by atoms with Gasteiger partial charge in [0, 0.05) is 13.7 Å². The zero-order valence-electron chi connectivity index (χ0n) is 13.2. The zero-order valence-corrected chi connectivity index (χ0v) is 14.0. The number of thiophene rings is 1. The quantitative estimate of drug-likeness (QED) is 0.802. The fourth-order valence-corrected chi connectivity index (χ4v) is 3.55. The van der Waals surface area contributed by atoms with Gasteiger partial charge >= 0.3 is 0 Å². The molecule has 4 nitrogen and oxygen atoms in total. The van der Waals surface area contributed by atoms with E-state index < -0.39 is 0 Å². The maximum Gasteiger partial charge on any atom is 0.241 e. The largest absolute Gasteiger partial charge is 0.384 e. The van der Waals surface area contributed by atoms with E-state index in [1.54, 1.807) is 18.4 Å². The number of nitrogens with zero attached hydrogens (tertiary/aromatic N) is 1. The first kappa shape index (κ1) is 16.5. The van der Waals surface area contributed by atoms with Crippen LogP contribution in [0, 0.1) is 5.92 Å². The van der Waals surface area contributed by atoms with E-state index in [0.717, 1.165) is 25.8 Å². The van der Waals surface area contributed by atoms with Crippen LogP contribution in [0.2, 0.25) is 0 Å². The van der Waals surface area contributed by atoms with Crippen LogP contribution in [-0.4, -0.2) is 37.1 Å². The van der Waals surface area contributed by atoms with Crippen molar-refractivity contribution in [3.63, 3.8) is 0 Å². The molecule has 1 fully saturated rings. The Morgan fingerprint density at radius 2 is 2.33 bits per heavy atom. The van der Waals surface area contributed by atoms with Gasteiger partial charge in [0.15, 0.2) is 0 Å². The minimum atomic E-state index is -0.0374. The summed E-state index contributed by atoms with van der Waals surface area (Å²) < 4.78 is 5.21. The number of ether oxygens (including phenoxy) is 1. The molecule has 1 aliphatic rings. The maximum atomic E-state index is 12.7. The average molecular weight is 310 g/mol. The van der Waals surface area contributed by atoms with Gasteiger partial charge in [-0.3, -0.25) is 10.1 Å². The Bertz CT molecular complexity index is 435. The molecule has 0 bridgehead atoms. The van der Waals surface area contributed by atoms with Crippen molar-refractivity contribution in [1.29, 1.82) is 0 Å². The second kappa shape index (κ2) is 7.92. The van der Waals surface area contributed by atoms with Crippen molar-refractivity contribution in [3.8, 4) is 0 Å². The Kier molecular flexibility index (Phi) is 6.21. The van der Waals surface area contributed by atoms with Gasteiger partial charge in [0.05, 0.1) is 12.6 Å². The first-order valence-electron chi connectivity index (χ1n) is 7.75. The lowest BCUT2D eigenvalue weighted by atomic mass is 10.1. The highest BCUT2D eigenvalue weighted by molar-refractivity contribution is 7.07. The molecule has 5 heteroatoms. The smallest absolute Gasteiger partial charge is 0.241 e. The lowest BCUT2D eigenvalue weighted by molar-refractivity contribution is -0.131. The van der Waals surface area contributed by atoms with Crippen LogP contribution in [0.1, 0.15) is 44.8 Å². The summed E-state index contributed by atoms with van der Waals surface area (Å²) >= 11 is 1.68.